The van der Waals surface area contributed by atoms with E-state index in [1.54, 1.807) is 27.7 Å². The molecule has 8 nitrogen and oxygen atoms in total. The number of rotatable bonds is 5. The van der Waals surface area contributed by atoms with Gasteiger partial charge in [-0.1, -0.05) is 27.7 Å². The van der Waals surface area contributed by atoms with E-state index in [0.29, 0.717) is 0 Å². The molecule has 1 saturated heterocycles. The van der Waals surface area contributed by atoms with Crippen LogP contribution in [0.3, 0.4) is 0 Å². The van der Waals surface area contributed by atoms with Crippen molar-refractivity contribution in [2.45, 2.75) is 137 Å². The van der Waals surface area contributed by atoms with Crippen LogP contribution in [0, 0.1) is 23.7 Å². The molecule has 0 spiro atoms. The highest BCUT2D eigenvalue weighted by Crippen LogP contribution is 2.38. The molecule has 1 rings (SSSR count). The van der Waals surface area contributed by atoms with Crippen molar-refractivity contribution in [3.8, 4) is 0 Å². The van der Waals surface area contributed by atoms with Gasteiger partial charge in [-0.05, 0) is 61.3 Å². The molecule has 206 valence electrons. The average molecular weight is 503 g/mol. The third kappa shape index (κ3) is 7.48. The molecular weight excluding hydrogens is 452 g/mol. The lowest BCUT2D eigenvalue weighted by atomic mass is 9.74. The van der Waals surface area contributed by atoms with E-state index in [2.05, 4.69) is 0 Å². The minimum absolute atomic E-state index is 0.194. The van der Waals surface area contributed by atoms with Crippen molar-refractivity contribution in [1.29, 1.82) is 0 Å². The van der Waals surface area contributed by atoms with E-state index in [-0.39, 0.29) is 30.8 Å². The monoisotopic (exact) mass is 502 g/mol. The van der Waals surface area contributed by atoms with Crippen LogP contribution in [0.5, 0.6) is 0 Å². The number of carbonyl (C=O) groups excluding carboxylic acids is 2. The molecule has 1 fully saturated rings. The molecule has 0 aromatic rings. The van der Waals surface area contributed by atoms with Gasteiger partial charge < -0.3 is 29.5 Å². The summed E-state index contributed by atoms with van der Waals surface area (Å²) in [5.41, 5.74) is -2.85. The molecule has 0 aromatic heterocycles. The van der Waals surface area contributed by atoms with E-state index >= 15 is 0 Å². The summed E-state index contributed by atoms with van der Waals surface area (Å²) in [6, 6.07) is 0. The smallest absolute Gasteiger partial charge is 0.311 e. The third-order valence-electron chi connectivity index (χ3n) is 7.43. The van der Waals surface area contributed by atoms with Crippen molar-refractivity contribution >= 4 is 11.8 Å². The summed E-state index contributed by atoms with van der Waals surface area (Å²) < 4.78 is 18.3. The maximum Gasteiger partial charge on any atom is 0.311 e. The molecule has 1 aliphatic heterocycles. The Balaban J connectivity index is 3.68. The van der Waals surface area contributed by atoms with Gasteiger partial charge in [0.25, 0.3) is 0 Å². The van der Waals surface area contributed by atoms with Crippen molar-refractivity contribution in [1.82, 2.24) is 0 Å². The summed E-state index contributed by atoms with van der Waals surface area (Å²) in [5, 5.41) is 33.5. The number of cyclic esters (lactones) is 1. The molecule has 35 heavy (non-hydrogen) atoms. The molecule has 0 unspecified atom stereocenters. The number of Topliss-reactive ketones (excluding diaryl/α,β-unsaturated/α-hetero) is 1. The molecular formula is C27H50O8. The fraction of sp³-hybridized carbons (Fsp3) is 0.926. The van der Waals surface area contributed by atoms with Gasteiger partial charge in [-0.25, -0.2) is 0 Å². The number of hydrogen-bond acceptors (Lipinski definition) is 8. The summed E-state index contributed by atoms with van der Waals surface area (Å²) in [6.45, 7) is 19.3. The Morgan fingerprint density at radius 3 is 2.00 bits per heavy atom. The first-order chi connectivity index (χ1) is 15.9. The van der Waals surface area contributed by atoms with E-state index in [1.807, 2.05) is 41.5 Å². The van der Waals surface area contributed by atoms with Crippen LogP contribution in [-0.2, 0) is 23.8 Å². The van der Waals surface area contributed by atoms with Crippen molar-refractivity contribution < 1.29 is 39.1 Å². The zero-order chi connectivity index (χ0) is 27.5. The maximum atomic E-state index is 13.4. The van der Waals surface area contributed by atoms with Gasteiger partial charge in [0, 0.05) is 17.8 Å². The molecule has 8 heteroatoms. The lowest BCUT2D eigenvalue weighted by Gasteiger charge is -2.46. The van der Waals surface area contributed by atoms with E-state index < -0.39 is 65.3 Å². The Kier molecular flexibility index (Phi) is 11.4. The Hall–Kier alpha value is -1.06. The highest BCUT2D eigenvalue weighted by Gasteiger charge is 2.50. The van der Waals surface area contributed by atoms with Crippen LogP contribution in [0.2, 0.25) is 0 Å². The van der Waals surface area contributed by atoms with Gasteiger partial charge in [-0.15, -0.1) is 0 Å². The lowest BCUT2D eigenvalue weighted by Crippen LogP contribution is -2.58. The average Bonchev–Trinajstić information content (AvgIpc) is 2.75. The SMILES string of the molecule is CC[C@H]1OC(=O)[C@H](C)[C@@H](O)[C@H](C)[C@@H](OC(C)C)[C@](C)(OC(C)C)C[C@@H](C)C(=O)[C@H](C)[C@@H](O)[C@]1(C)O. The van der Waals surface area contributed by atoms with Gasteiger partial charge in [0.05, 0.1) is 42.0 Å². The molecule has 3 N–H and O–H groups in total. The summed E-state index contributed by atoms with van der Waals surface area (Å²) in [5.74, 6) is -3.85. The van der Waals surface area contributed by atoms with E-state index in [1.165, 1.54) is 6.92 Å². The minimum Gasteiger partial charge on any atom is -0.459 e. The largest absolute Gasteiger partial charge is 0.459 e. The van der Waals surface area contributed by atoms with Gasteiger partial charge in [-0.3, -0.25) is 9.59 Å². The lowest BCUT2D eigenvalue weighted by molar-refractivity contribution is -0.213. The van der Waals surface area contributed by atoms with E-state index in [4.69, 9.17) is 14.2 Å². The predicted octanol–water partition coefficient (Wildman–Crippen LogP) is 3.28. The quantitative estimate of drug-likeness (QED) is 0.490. The number of ether oxygens (including phenoxy) is 3. The second-order valence-corrected chi connectivity index (χ2v) is 11.5. The normalized spacial score (nSPS) is 42.7. The maximum absolute atomic E-state index is 13.4. The molecule has 1 aliphatic rings. The van der Waals surface area contributed by atoms with Gasteiger partial charge >= 0.3 is 5.97 Å². The number of aliphatic hydroxyl groups excluding tert-OH is 2. The fourth-order valence-corrected chi connectivity index (χ4v) is 5.53. The molecule has 0 radical (unpaired) electrons. The second-order valence-electron chi connectivity index (χ2n) is 11.5. The van der Waals surface area contributed by atoms with Crippen LogP contribution in [0.1, 0.15) is 89.0 Å². The molecule has 0 saturated carbocycles. The van der Waals surface area contributed by atoms with Crippen LogP contribution in [-0.4, -0.2) is 74.9 Å². The number of hydrogen-bond donors (Lipinski definition) is 3. The topological polar surface area (TPSA) is 123 Å². The zero-order valence-electron chi connectivity index (χ0n) is 23.6. The summed E-state index contributed by atoms with van der Waals surface area (Å²) in [7, 11) is 0. The van der Waals surface area contributed by atoms with Gasteiger partial charge in [0.2, 0.25) is 0 Å². The first kappa shape index (κ1) is 32.0. The highest BCUT2D eigenvalue weighted by atomic mass is 16.6. The van der Waals surface area contributed by atoms with Crippen LogP contribution in [0.4, 0.5) is 0 Å². The third-order valence-corrected chi connectivity index (χ3v) is 7.43. The van der Waals surface area contributed by atoms with Gasteiger partial charge in [-0.2, -0.15) is 0 Å². The van der Waals surface area contributed by atoms with Gasteiger partial charge in [0.15, 0.2) is 0 Å². The van der Waals surface area contributed by atoms with Crippen molar-refractivity contribution in [2.24, 2.45) is 23.7 Å². The molecule has 0 bridgehead atoms. The summed E-state index contributed by atoms with van der Waals surface area (Å²) in [4.78, 5) is 26.5. The van der Waals surface area contributed by atoms with Crippen molar-refractivity contribution in [2.75, 3.05) is 0 Å². The van der Waals surface area contributed by atoms with E-state index in [0.717, 1.165) is 0 Å². The van der Waals surface area contributed by atoms with Crippen LogP contribution >= 0.6 is 0 Å². The summed E-state index contributed by atoms with van der Waals surface area (Å²) >= 11 is 0. The number of ketones is 1. The van der Waals surface area contributed by atoms with Crippen molar-refractivity contribution in [3.63, 3.8) is 0 Å². The van der Waals surface area contributed by atoms with Crippen LogP contribution in [0.25, 0.3) is 0 Å². The van der Waals surface area contributed by atoms with Gasteiger partial charge in [0.1, 0.15) is 17.5 Å². The Labute approximate surface area is 211 Å². The van der Waals surface area contributed by atoms with E-state index in [9.17, 15) is 24.9 Å². The molecule has 0 amide bonds. The Morgan fingerprint density at radius 2 is 1.54 bits per heavy atom. The minimum atomic E-state index is -1.86. The fourth-order valence-electron chi connectivity index (χ4n) is 5.53. The second kappa shape index (κ2) is 12.5. The molecule has 0 aromatic carbocycles. The molecule has 0 aliphatic carbocycles. The first-order valence-electron chi connectivity index (χ1n) is 13.1. The standard InChI is InChI=1S/C27H50O8/c1-12-20-27(11,32)23(30)17(7)21(28)16(6)13-26(10,35-15(4)5)24(33-14(2)3)18(8)22(29)19(9)25(31)34-20/h14-20,22-24,29-30,32H,12-13H2,1-11H3/t16-,17+,18+,19-,20-,22+,23-,24-,26-,27-/m1/s1. The van der Waals surface area contributed by atoms with Crippen molar-refractivity contribution in [3.05, 3.63) is 0 Å². The number of aliphatic hydroxyl groups is 3. The molecule has 1 heterocycles. The first-order valence-corrected chi connectivity index (χ1v) is 13.1. The van der Waals surface area contributed by atoms with Crippen LogP contribution in [0.15, 0.2) is 0 Å². The molecule has 10 atom stereocenters. The Bertz CT molecular complexity index is 705. The number of esters is 1. The van der Waals surface area contributed by atoms with Crippen LogP contribution < -0.4 is 0 Å². The Morgan fingerprint density at radius 1 is 1.00 bits per heavy atom. The number of carbonyl (C=O) groups is 2. The predicted molar refractivity (Wildman–Crippen MR) is 134 cm³/mol. The summed E-state index contributed by atoms with van der Waals surface area (Å²) in [6.07, 6.45) is -4.19. The zero-order valence-corrected chi connectivity index (χ0v) is 23.6. The highest BCUT2D eigenvalue weighted by molar-refractivity contribution is 5.83.